The molecule has 0 saturated heterocycles. The van der Waals surface area contributed by atoms with Crippen molar-refractivity contribution in [2.75, 3.05) is 6.54 Å². The quantitative estimate of drug-likeness (QED) is 0.733. The molecule has 0 fully saturated rings. The van der Waals surface area contributed by atoms with Crippen LogP contribution in [0.3, 0.4) is 0 Å². The van der Waals surface area contributed by atoms with Crippen LogP contribution in [0, 0.1) is 0 Å². The van der Waals surface area contributed by atoms with Gasteiger partial charge in [0, 0.05) is 16.7 Å². The third-order valence-corrected chi connectivity index (χ3v) is 2.82. The van der Waals surface area contributed by atoms with Crippen molar-refractivity contribution < 1.29 is 14.7 Å². The minimum atomic E-state index is -1.38. The Kier molecular flexibility index (Phi) is 4.92. The van der Waals surface area contributed by atoms with Crippen molar-refractivity contribution in [1.82, 2.24) is 9.88 Å². The van der Waals surface area contributed by atoms with Crippen molar-refractivity contribution in [3.05, 3.63) is 22.4 Å². The highest BCUT2D eigenvalue weighted by Crippen LogP contribution is 2.19. The Morgan fingerprint density at radius 2 is 2.17 bits per heavy atom. The number of carbonyl (C=O) groups is 2. The van der Waals surface area contributed by atoms with Gasteiger partial charge in [0.15, 0.2) is 0 Å². The molecule has 1 heterocycles. The summed E-state index contributed by atoms with van der Waals surface area (Å²) in [6.07, 6.45) is 0.421. The van der Waals surface area contributed by atoms with Crippen molar-refractivity contribution in [3.63, 3.8) is 0 Å². The second-order valence-electron chi connectivity index (χ2n) is 4.17. The fraction of sp³-hybridized carbons (Fsp3) is 0.455. The first-order chi connectivity index (χ1) is 8.32. The molecule has 0 spiro atoms. The lowest BCUT2D eigenvalue weighted by molar-refractivity contribution is -0.125. The van der Waals surface area contributed by atoms with E-state index in [9.17, 15) is 14.7 Å². The summed E-state index contributed by atoms with van der Waals surface area (Å²) in [7, 11) is 0. The van der Waals surface area contributed by atoms with E-state index in [0.29, 0.717) is 5.69 Å². The number of carbonyl (C=O) groups excluding carboxylic acids is 2. The van der Waals surface area contributed by atoms with Gasteiger partial charge >= 0.3 is 0 Å². The molecule has 0 aliphatic rings. The lowest BCUT2D eigenvalue weighted by atomic mass is 10.3. The molecule has 100 valence electrons. The summed E-state index contributed by atoms with van der Waals surface area (Å²) in [4.78, 5) is 22.5. The third-order valence-electron chi connectivity index (χ3n) is 2.39. The van der Waals surface area contributed by atoms with Crippen LogP contribution in [0.15, 0.2) is 16.7 Å². The fourth-order valence-corrected chi connectivity index (χ4v) is 1.87. The molecule has 18 heavy (non-hydrogen) atoms. The summed E-state index contributed by atoms with van der Waals surface area (Å²) in [5, 5.41) is 11.7. The number of aromatic nitrogens is 1. The van der Waals surface area contributed by atoms with Crippen LogP contribution in [0.1, 0.15) is 30.4 Å². The van der Waals surface area contributed by atoms with E-state index in [1.165, 1.54) is 0 Å². The van der Waals surface area contributed by atoms with Gasteiger partial charge in [0.05, 0.1) is 6.54 Å². The molecule has 1 rings (SSSR count). The molecule has 0 aliphatic carbocycles. The molecular weight excluding hydrogens is 302 g/mol. The number of hydrogen-bond donors (Lipinski definition) is 3. The SMILES string of the molecule is CC(C)n1cc(Br)cc1C(=O)NCC(O)C(N)=O. The van der Waals surface area contributed by atoms with Crippen LogP contribution in [-0.4, -0.2) is 34.1 Å². The van der Waals surface area contributed by atoms with E-state index in [0.717, 1.165) is 4.47 Å². The number of halogens is 1. The maximum atomic E-state index is 11.9. The maximum Gasteiger partial charge on any atom is 0.268 e. The van der Waals surface area contributed by atoms with Gasteiger partial charge in [-0.05, 0) is 35.8 Å². The molecule has 0 aromatic carbocycles. The van der Waals surface area contributed by atoms with E-state index in [2.05, 4.69) is 21.2 Å². The van der Waals surface area contributed by atoms with E-state index in [-0.39, 0.29) is 18.5 Å². The third kappa shape index (κ3) is 3.58. The molecule has 1 atom stereocenters. The Morgan fingerprint density at radius 3 is 2.67 bits per heavy atom. The zero-order valence-electron chi connectivity index (χ0n) is 10.2. The molecule has 0 aliphatic heterocycles. The van der Waals surface area contributed by atoms with Gasteiger partial charge in [-0.25, -0.2) is 0 Å². The van der Waals surface area contributed by atoms with E-state index >= 15 is 0 Å². The molecule has 0 radical (unpaired) electrons. The van der Waals surface area contributed by atoms with Crippen LogP contribution < -0.4 is 11.1 Å². The smallest absolute Gasteiger partial charge is 0.268 e. The first-order valence-corrected chi connectivity index (χ1v) is 6.25. The van der Waals surface area contributed by atoms with Gasteiger partial charge in [0.1, 0.15) is 11.8 Å². The van der Waals surface area contributed by atoms with Gasteiger partial charge in [-0.1, -0.05) is 0 Å². The van der Waals surface area contributed by atoms with Crippen LogP contribution in [0.4, 0.5) is 0 Å². The number of nitrogens with zero attached hydrogens (tertiary/aromatic N) is 1. The monoisotopic (exact) mass is 317 g/mol. The number of aliphatic hydroxyl groups is 1. The minimum Gasteiger partial charge on any atom is -0.381 e. The van der Waals surface area contributed by atoms with Crippen molar-refractivity contribution in [3.8, 4) is 0 Å². The van der Waals surface area contributed by atoms with Gasteiger partial charge < -0.3 is 20.7 Å². The second kappa shape index (κ2) is 6.01. The summed E-state index contributed by atoms with van der Waals surface area (Å²) < 4.78 is 2.58. The predicted octanol–water partition coefficient (Wildman–Crippen LogP) is 0.407. The largest absolute Gasteiger partial charge is 0.381 e. The molecule has 0 saturated carbocycles. The number of nitrogens with one attached hydrogen (secondary N) is 1. The van der Waals surface area contributed by atoms with E-state index in [1.54, 1.807) is 16.8 Å². The number of aliphatic hydroxyl groups excluding tert-OH is 1. The standard InChI is InChI=1S/C11H16BrN3O3/c1-6(2)15-5-7(12)3-8(15)11(18)14-4-9(16)10(13)17/h3,5-6,9,16H,4H2,1-2H3,(H2,13,17)(H,14,18). The van der Waals surface area contributed by atoms with E-state index in [4.69, 9.17) is 5.73 Å². The molecular formula is C11H16BrN3O3. The molecule has 1 unspecified atom stereocenters. The second-order valence-corrected chi connectivity index (χ2v) is 5.09. The highest BCUT2D eigenvalue weighted by Gasteiger charge is 2.17. The van der Waals surface area contributed by atoms with Crippen LogP contribution in [0.2, 0.25) is 0 Å². The molecule has 0 bridgehead atoms. The van der Waals surface area contributed by atoms with Crippen molar-refractivity contribution in [2.24, 2.45) is 5.73 Å². The fourth-order valence-electron chi connectivity index (χ4n) is 1.44. The molecule has 2 amide bonds. The molecule has 4 N–H and O–H groups in total. The van der Waals surface area contributed by atoms with Crippen LogP contribution in [0.25, 0.3) is 0 Å². The normalized spacial score (nSPS) is 12.5. The summed E-state index contributed by atoms with van der Waals surface area (Å²) in [6.45, 7) is 3.69. The average Bonchev–Trinajstić information content (AvgIpc) is 2.67. The Labute approximate surface area is 113 Å². The molecule has 7 heteroatoms. The number of hydrogen-bond acceptors (Lipinski definition) is 3. The highest BCUT2D eigenvalue weighted by molar-refractivity contribution is 9.10. The minimum absolute atomic E-state index is 0.123. The zero-order valence-corrected chi connectivity index (χ0v) is 11.8. The predicted molar refractivity (Wildman–Crippen MR) is 70.1 cm³/mol. The maximum absolute atomic E-state index is 11.9. The first-order valence-electron chi connectivity index (χ1n) is 5.46. The molecule has 1 aromatic rings. The Balaban J connectivity index is 2.75. The van der Waals surface area contributed by atoms with Gasteiger partial charge in [-0.3, -0.25) is 9.59 Å². The van der Waals surface area contributed by atoms with Crippen molar-refractivity contribution >= 4 is 27.7 Å². The first kappa shape index (κ1) is 14.7. The van der Waals surface area contributed by atoms with Crippen LogP contribution in [0.5, 0.6) is 0 Å². The van der Waals surface area contributed by atoms with E-state index in [1.807, 2.05) is 13.8 Å². The summed E-state index contributed by atoms with van der Waals surface area (Å²) >= 11 is 3.30. The number of amides is 2. The summed E-state index contributed by atoms with van der Waals surface area (Å²) in [6, 6.07) is 1.80. The topological polar surface area (TPSA) is 97.3 Å². The lowest BCUT2D eigenvalue weighted by Crippen LogP contribution is -2.40. The van der Waals surface area contributed by atoms with Gasteiger partial charge in [-0.15, -0.1) is 0 Å². The van der Waals surface area contributed by atoms with Gasteiger partial charge in [-0.2, -0.15) is 0 Å². The molecule has 1 aromatic heterocycles. The average molecular weight is 318 g/mol. The zero-order chi connectivity index (χ0) is 13.9. The van der Waals surface area contributed by atoms with Gasteiger partial charge in [0.2, 0.25) is 5.91 Å². The lowest BCUT2D eigenvalue weighted by Gasteiger charge is -2.13. The number of primary amides is 1. The van der Waals surface area contributed by atoms with E-state index < -0.39 is 12.0 Å². The summed E-state index contributed by atoms with van der Waals surface area (Å²) in [5.74, 6) is -1.23. The Hall–Kier alpha value is -1.34. The van der Waals surface area contributed by atoms with Crippen LogP contribution in [-0.2, 0) is 4.79 Å². The molecule has 6 nitrogen and oxygen atoms in total. The summed E-state index contributed by atoms with van der Waals surface area (Å²) in [5.41, 5.74) is 5.34. The van der Waals surface area contributed by atoms with Crippen molar-refractivity contribution in [1.29, 1.82) is 0 Å². The van der Waals surface area contributed by atoms with Crippen LogP contribution >= 0.6 is 15.9 Å². The Morgan fingerprint density at radius 1 is 1.56 bits per heavy atom. The number of rotatable bonds is 5. The highest BCUT2D eigenvalue weighted by atomic mass is 79.9. The number of nitrogens with two attached hydrogens (primary N) is 1. The van der Waals surface area contributed by atoms with Crippen molar-refractivity contribution in [2.45, 2.75) is 26.0 Å². The van der Waals surface area contributed by atoms with Gasteiger partial charge in [0.25, 0.3) is 5.91 Å². The Bertz CT molecular complexity index is 456.